The van der Waals surface area contributed by atoms with Crippen LogP contribution in [0.25, 0.3) is 11.2 Å². The smallest absolute Gasteiger partial charge is 0.272 e. The number of aryl methyl sites for hydroxylation is 1. The van der Waals surface area contributed by atoms with Crippen LogP contribution >= 0.6 is 0 Å². The van der Waals surface area contributed by atoms with E-state index in [1.807, 2.05) is 11.0 Å². The average molecular weight is 346 g/mol. The van der Waals surface area contributed by atoms with Crippen LogP contribution in [0.2, 0.25) is 0 Å². The van der Waals surface area contributed by atoms with Crippen molar-refractivity contribution in [3.05, 3.63) is 65.6 Å². The molecule has 0 saturated heterocycles. The van der Waals surface area contributed by atoms with E-state index in [1.165, 1.54) is 11.1 Å². The summed E-state index contributed by atoms with van der Waals surface area (Å²) < 4.78 is 0. The number of fused-ring (bicyclic) bond motifs is 2. The monoisotopic (exact) mass is 346 g/mol. The van der Waals surface area contributed by atoms with Crippen molar-refractivity contribution in [2.45, 2.75) is 38.6 Å². The average Bonchev–Trinajstić information content (AvgIpc) is 2.71. The van der Waals surface area contributed by atoms with Crippen molar-refractivity contribution in [1.82, 2.24) is 19.9 Å². The summed E-state index contributed by atoms with van der Waals surface area (Å²) in [5.74, 6) is -0.0104. The van der Waals surface area contributed by atoms with Gasteiger partial charge in [0.1, 0.15) is 11.2 Å². The maximum atomic E-state index is 13.2. The van der Waals surface area contributed by atoms with Crippen LogP contribution in [0.5, 0.6) is 0 Å². The van der Waals surface area contributed by atoms with E-state index in [-0.39, 0.29) is 11.9 Å². The number of hydrogen-bond donors (Lipinski definition) is 0. The lowest BCUT2D eigenvalue weighted by atomic mass is 9.87. The van der Waals surface area contributed by atoms with Crippen LogP contribution in [0.3, 0.4) is 0 Å². The van der Waals surface area contributed by atoms with Gasteiger partial charge in [-0.05, 0) is 48.9 Å². The van der Waals surface area contributed by atoms with E-state index in [2.05, 4.69) is 46.1 Å². The Kier molecular flexibility index (Phi) is 4.61. The number of carbonyl (C=O) groups excluding carboxylic acids is 1. The van der Waals surface area contributed by atoms with Gasteiger partial charge in [-0.15, -0.1) is 0 Å². The Labute approximate surface area is 153 Å². The number of nitrogens with zero attached hydrogens (tertiary/aromatic N) is 4. The molecule has 3 aromatic rings. The van der Waals surface area contributed by atoms with E-state index >= 15 is 0 Å². The van der Waals surface area contributed by atoms with Crippen molar-refractivity contribution in [2.24, 2.45) is 0 Å². The maximum absolute atomic E-state index is 13.2. The second-order valence-electron chi connectivity index (χ2n) is 6.76. The van der Waals surface area contributed by atoms with E-state index in [0.717, 1.165) is 32.2 Å². The highest BCUT2D eigenvalue weighted by Gasteiger charge is 2.28. The molecule has 0 fully saturated rings. The minimum atomic E-state index is -0.0104. The minimum absolute atomic E-state index is 0.0104. The van der Waals surface area contributed by atoms with Gasteiger partial charge in [-0.1, -0.05) is 31.2 Å². The Balaban J connectivity index is 1.62. The van der Waals surface area contributed by atoms with E-state index < -0.39 is 0 Å². The number of amides is 1. The molecule has 26 heavy (non-hydrogen) atoms. The third-order valence-corrected chi connectivity index (χ3v) is 5.04. The number of pyridine rings is 1. The first kappa shape index (κ1) is 16.6. The van der Waals surface area contributed by atoms with Crippen LogP contribution in [0.1, 0.15) is 41.4 Å². The minimum Gasteiger partial charge on any atom is -0.334 e. The van der Waals surface area contributed by atoms with Crippen molar-refractivity contribution in [2.75, 3.05) is 6.54 Å². The summed E-state index contributed by atoms with van der Waals surface area (Å²) in [7, 11) is 0. The second kappa shape index (κ2) is 7.20. The Bertz CT molecular complexity index is 940. The summed E-state index contributed by atoms with van der Waals surface area (Å²) in [6.07, 6.45) is 7.09. The molecule has 1 aliphatic rings. The molecule has 0 aliphatic heterocycles. The van der Waals surface area contributed by atoms with Crippen LogP contribution in [0, 0.1) is 0 Å². The van der Waals surface area contributed by atoms with Gasteiger partial charge in [0.2, 0.25) is 0 Å². The molecule has 5 nitrogen and oxygen atoms in total. The van der Waals surface area contributed by atoms with E-state index in [9.17, 15) is 4.79 Å². The maximum Gasteiger partial charge on any atom is 0.272 e. The van der Waals surface area contributed by atoms with Gasteiger partial charge in [0.15, 0.2) is 5.65 Å². The van der Waals surface area contributed by atoms with Crippen molar-refractivity contribution in [1.29, 1.82) is 0 Å². The van der Waals surface area contributed by atoms with E-state index in [4.69, 9.17) is 0 Å². The SMILES string of the molecule is CCCN(C(=O)c1ccc2nccnc2n1)C1CCc2ccccc2C1. The summed E-state index contributed by atoms with van der Waals surface area (Å²) in [5, 5.41) is 0. The van der Waals surface area contributed by atoms with Gasteiger partial charge in [-0.2, -0.15) is 0 Å². The predicted octanol–water partition coefficient (Wildman–Crippen LogP) is 3.43. The highest BCUT2D eigenvalue weighted by Crippen LogP contribution is 2.25. The fourth-order valence-corrected chi connectivity index (χ4v) is 3.76. The standard InChI is InChI=1S/C21H22N4O/c1-2-13-25(17-8-7-15-5-3-4-6-16(15)14-17)21(26)19-10-9-18-20(24-19)23-12-11-22-18/h3-6,9-12,17H,2,7-8,13-14H2,1H3. The molecule has 5 heteroatoms. The molecule has 1 aliphatic carbocycles. The third-order valence-electron chi connectivity index (χ3n) is 5.04. The lowest BCUT2D eigenvalue weighted by molar-refractivity contribution is 0.0656. The number of carbonyl (C=O) groups is 1. The Hall–Kier alpha value is -2.82. The molecule has 2 aromatic heterocycles. The van der Waals surface area contributed by atoms with Gasteiger partial charge in [0.05, 0.1) is 0 Å². The van der Waals surface area contributed by atoms with Gasteiger partial charge in [-0.25, -0.2) is 9.97 Å². The molecular formula is C21H22N4O. The summed E-state index contributed by atoms with van der Waals surface area (Å²) >= 11 is 0. The van der Waals surface area contributed by atoms with Crippen molar-refractivity contribution in [3.8, 4) is 0 Å². The molecule has 132 valence electrons. The molecule has 0 bridgehead atoms. The van der Waals surface area contributed by atoms with Gasteiger partial charge in [-0.3, -0.25) is 9.78 Å². The zero-order chi connectivity index (χ0) is 17.9. The fraction of sp³-hybridized carbons (Fsp3) is 0.333. The number of benzene rings is 1. The molecule has 0 radical (unpaired) electrons. The molecule has 4 rings (SSSR count). The van der Waals surface area contributed by atoms with Crippen molar-refractivity contribution >= 4 is 17.1 Å². The Morgan fingerprint density at radius 3 is 2.77 bits per heavy atom. The van der Waals surface area contributed by atoms with Gasteiger partial charge >= 0.3 is 0 Å². The van der Waals surface area contributed by atoms with Gasteiger partial charge in [0.25, 0.3) is 5.91 Å². The summed E-state index contributed by atoms with van der Waals surface area (Å²) in [6.45, 7) is 2.85. The third kappa shape index (κ3) is 3.17. The molecular weight excluding hydrogens is 324 g/mol. The molecule has 2 heterocycles. The van der Waals surface area contributed by atoms with Gasteiger partial charge < -0.3 is 4.90 Å². The lowest BCUT2D eigenvalue weighted by Gasteiger charge is -2.35. The van der Waals surface area contributed by atoms with E-state index in [1.54, 1.807) is 18.5 Å². The van der Waals surface area contributed by atoms with Crippen LogP contribution in [0.4, 0.5) is 0 Å². The quantitative estimate of drug-likeness (QED) is 0.726. The largest absolute Gasteiger partial charge is 0.334 e. The molecule has 1 unspecified atom stereocenters. The fourth-order valence-electron chi connectivity index (χ4n) is 3.76. The summed E-state index contributed by atoms with van der Waals surface area (Å²) in [5.41, 5.74) is 4.44. The number of aromatic nitrogens is 3. The molecule has 0 spiro atoms. The molecule has 1 amide bonds. The lowest BCUT2D eigenvalue weighted by Crippen LogP contribution is -2.44. The molecule has 1 aromatic carbocycles. The van der Waals surface area contributed by atoms with Crippen LogP contribution in [-0.2, 0) is 12.8 Å². The highest BCUT2D eigenvalue weighted by molar-refractivity contribution is 5.94. The normalized spacial score (nSPS) is 16.3. The van der Waals surface area contributed by atoms with Crippen molar-refractivity contribution < 1.29 is 4.79 Å². The zero-order valence-corrected chi connectivity index (χ0v) is 14.9. The Morgan fingerprint density at radius 1 is 1.12 bits per heavy atom. The van der Waals surface area contributed by atoms with E-state index in [0.29, 0.717) is 16.9 Å². The van der Waals surface area contributed by atoms with Crippen LogP contribution in [-0.4, -0.2) is 38.3 Å². The molecule has 0 N–H and O–H groups in total. The van der Waals surface area contributed by atoms with Gasteiger partial charge in [0, 0.05) is 25.0 Å². The van der Waals surface area contributed by atoms with Crippen LogP contribution in [0.15, 0.2) is 48.8 Å². The van der Waals surface area contributed by atoms with Crippen LogP contribution < -0.4 is 0 Å². The molecule has 1 atom stereocenters. The second-order valence-corrected chi connectivity index (χ2v) is 6.76. The van der Waals surface area contributed by atoms with Crippen molar-refractivity contribution in [3.63, 3.8) is 0 Å². The summed E-state index contributed by atoms with van der Waals surface area (Å²) in [4.78, 5) is 28.1. The predicted molar refractivity (Wildman–Crippen MR) is 101 cm³/mol. The molecule has 0 saturated carbocycles. The number of hydrogen-bond acceptors (Lipinski definition) is 4. The first-order valence-corrected chi connectivity index (χ1v) is 9.22. The topological polar surface area (TPSA) is 59.0 Å². The Morgan fingerprint density at radius 2 is 1.92 bits per heavy atom. The highest BCUT2D eigenvalue weighted by atomic mass is 16.2. The first-order valence-electron chi connectivity index (χ1n) is 9.22. The zero-order valence-electron chi connectivity index (χ0n) is 14.9. The number of rotatable bonds is 4. The summed E-state index contributed by atoms with van der Waals surface area (Å²) in [6, 6.07) is 12.4. The first-order chi connectivity index (χ1) is 12.8.